The van der Waals surface area contributed by atoms with Gasteiger partial charge in [-0.3, -0.25) is 0 Å². The predicted molar refractivity (Wildman–Crippen MR) is 72.0 cm³/mol. The van der Waals surface area contributed by atoms with Gasteiger partial charge in [-0.1, -0.05) is 0 Å². The molecule has 19 heavy (non-hydrogen) atoms. The van der Waals surface area contributed by atoms with Crippen LogP contribution in [0.4, 0.5) is 5.82 Å². The molecule has 0 spiro atoms. The normalized spacial score (nSPS) is 17.3. The van der Waals surface area contributed by atoms with E-state index >= 15 is 0 Å². The maximum atomic E-state index is 12.1. The number of anilines is 1. The summed E-state index contributed by atoms with van der Waals surface area (Å²) >= 11 is 0. The summed E-state index contributed by atoms with van der Waals surface area (Å²) in [5.74, 6) is 0.303. The lowest BCUT2D eigenvalue weighted by Gasteiger charge is -2.15. The molecule has 0 amide bonds. The third-order valence-corrected chi connectivity index (χ3v) is 4.89. The fourth-order valence-corrected chi connectivity index (χ4v) is 2.99. The van der Waals surface area contributed by atoms with Gasteiger partial charge >= 0.3 is 0 Å². The fourth-order valence-electron chi connectivity index (χ4n) is 1.89. The van der Waals surface area contributed by atoms with Gasteiger partial charge in [-0.15, -0.1) is 0 Å². The zero-order chi connectivity index (χ0) is 13.9. The Labute approximate surface area is 113 Å². The minimum absolute atomic E-state index is 0.0737. The molecule has 1 saturated carbocycles. The van der Waals surface area contributed by atoms with Crippen LogP contribution in [-0.4, -0.2) is 33.7 Å². The second-order valence-electron chi connectivity index (χ2n) is 4.99. The molecule has 106 valence electrons. The SMILES string of the molecule is COCCC1(CNS(=O)(=O)c2ccc(N)nc2)CC1. The highest BCUT2D eigenvalue weighted by molar-refractivity contribution is 7.89. The van der Waals surface area contributed by atoms with Crippen molar-refractivity contribution in [2.24, 2.45) is 5.41 Å². The molecule has 0 aromatic carbocycles. The molecular formula is C12H19N3O3S. The van der Waals surface area contributed by atoms with Crippen molar-refractivity contribution < 1.29 is 13.2 Å². The first-order valence-electron chi connectivity index (χ1n) is 6.18. The number of sulfonamides is 1. The van der Waals surface area contributed by atoms with Crippen molar-refractivity contribution in [3.8, 4) is 0 Å². The summed E-state index contributed by atoms with van der Waals surface area (Å²) in [6.07, 6.45) is 4.23. The van der Waals surface area contributed by atoms with Crippen LogP contribution in [0.25, 0.3) is 0 Å². The highest BCUT2D eigenvalue weighted by Gasteiger charge is 2.42. The Kier molecular flexibility index (Phi) is 4.07. The largest absolute Gasteiger partial charge is 0.385 e. The van der Waals surface area contributed by atoms with Gasteiger partial charge in [0.15, 0.2) is 0 Å². The van der Waals surface area contributed by atoms with Gasteiger partial charge in [-0.05, 0) is 36.8 Å². The van der Waals surface area contributed by atoms with Crippen molar-refractivity contribution in [1.29, 1.82) is 0 Å². The Morgan fingerprint density at radius 2 is 2.21 bits per heavy atom. The average Bonchev–Trinajstić information content (AvgIpc) is 3.16. The van der Waals surface area contributed by atoms with Crippen LogP contribution in [0.5, 0.6) is 0 Å². The summed E-state index contributed by atoms with van der Waals surface area (Å²) < 4.78 is 31.8. The van der Waals surface area contributed by atoms with Crippen molar-refractivity contribution >= 4 is 15.8 Å². The van der Waals surface area contributed by atoms with E-state index in [4.69, 9.17) is 10.5 Å². The Balaban J connectivity index is 1.96. The van der Waals surface area contributed by atoms with Crippen LogP contribution < -0.4 is 10.5 Å². The fraction of sp³-hybridized carbons (Fsp3) is 0.583. The van der Waals surface area contributed by atoms with Crippen molar-refractivity contribution in [3.05, 3.63) is 18.3 Å². The molecule has 0 saturated heterocycles. The van der Waals surface area contributed by atoms with Gasteiger partial charge < -0.3 is 10.5 Å². The molecule has 1 aliphatic carbocycles. The number of hydrogen-bond acceptors (Lipinski definition) is 5. The molecule has 0 atom stereocenters. The van der Waals surface area contributed by atoms with E-state index < -0.39 is 10.0 Å². The quantitative estimate of drug-likeness (QED) is 0.771. The Morgan fingerprint density at radius 3 is 2.74 bits per heavy atom. The van der Waals surface area contributed by atoms with E-state index in [0.717, 1.165) is 19.3 Å². The number of rotatable bonds is 7. The number of pyridine rings is 1. The minimum Gasteiger partial charge on any atom is -0.385 e. The third-order valence-electron chi connectivity index (χ3n) is 3.50. The third kappa shape index (κ3) is 3.65. The highest BCUT2D eigenvalue weighted by Crippen LogP contribution is 2.48. The molecule has 1 aromatic rings. The van der Waals surface area contributed by atoms with Crippen molar-refractivity contribution in [2.75, 3.05) is 26.0 Å². The van der Waals surface area contributed by atoms with Crippen LogP contribution in [0.1, 0.15) is 19.3 Å². The average molecular weight is 285 g/mol. The van der Waals surface area contributed by atoms with Gasteiger partial charge in [0.2, 0.25) is 10.0 Å². The Morgan fingerprint density at radius 1 is 1.47 bits per heavy atom. The van der Waals surface area contributed by atoms with Crippen molar-refractivity contribution in [3.63, 3.8) is 0 Å². The van der Waals surface area contributed by atoms with Gasteiger partial charge in [0.05, 0.1) is 0 Å². The number of nitrogens with two attached hydrogens (primary N) is 1. The molecule has 1 aliphatic rings. The minimum atomic E-state index is -3.50. The Bertz CT molecular complexity index is 524. The monoisotopic (exact) mass is 285 g/mol. The lowest BCUT2D eigenvalue weighted by Crippen LogP contribution is -2.31. The van der Waals surface area contributed by atoms with E-state index in [1.54, 1.807) is 7.11 Å². The molecule has 6 nitrogen and oxygen atoms in total. The smallest absolute Gasteiger partial charge is 0.242 e. The second-order valence-corrected chi connectivity index (χ2v) is 6.75. The highest BCUT2D eigenvalue weighted by atomic mass is 32.2. The first-order chi connectivity index (χ1) is 8.97. The molecule has 0 unspecified atom stereocenters. The number of ether oxygens (including phenoxy) is 1. The molecule has 0 aliphatic heterocycles. The summed E-state index contributed by atoms with van der Waals surface area (Å²) in [5.41, 5.74) is 5.51. The van der Waals surface area contributed by atoms with Crippen molar-refractivity contribution in [1.82, 2.24) is 9.71 Å². The molecule has 0 bridgehead atoms. The summed E-state index contributed by atoms with van der Waals surface area (Å²) in [6.45, 7) is 1.11. The van der Waals surface area contributed by atoms with Crippen molar-refractivity contribution in [2.45, 2.75) is 24.2 Å². The van der Waals surface area contributed by atoms with Crippen LogP contribution in [0.2, 0.25) is 0 Å². The Hall–Kier alpha value is -1.18. The summed E-state index contributed by atoms with van der Waals surface area (Å²) in [4.78, 5) is 3.94. The first-order valence-corrected chi connectivity index (χ1v) is 7.66. The summed E-state index contributed by atoms with van der Waals surface area (Å²) in [5, 5.41) is 0. The summed E-state index contributed by atoms with van der Waals surface area (Å²) in [7, 11) is -1.85. The maximum absolute atomic E-state index is 12.1. The van der Waals surface area contributed by atoms with E-state index in [1.165, 1.54) is 18.3 Å². The number of aromatic nitrogens is 1. The number of nitrogen functional groups attached to an aromatic ring is 1. The molecule has 1 heterocycles. The zero-order valence-electron chi connectivity index (χ0n) is 10.9. The van der Waals surface area contributed by atoms with Gasteiger partial charge in [0, 0.05) is 26.5 Å². The lowest BCUT2D eigenvalue weighted by atomic mass is 10.0. The van der Waals surface area contributed by atoms with Gasteiger partial charge in [0.25, 0.3) is 0 Å². The standard InChI is InChI=1S/C12H19N3O3S/c1-18-7-6-12(4-5-12)9-15-19(16,17)10-2-3-11(13)14-8-10/h2-3,8,15H,4-7,9H2,1H3,(H2,13,14). The molecule has 3 N–H and O–H groups in total. The number of methoxy groups -OCH3 is 1. The molecule has 2 rings (SSSR count). The van der Waals surface area contributed by atoms with Crippen LogP contribution in [0.3, 0.4) is 0 Å². The molecular weight excluding hydrogens is 266 g/mol. The van der Waals surface area contributed by atoms with E-state index in [0.29, 0.717) is 19.0 Å². The van der Waals surface area contributed by atoms with E-state index in [9.17, 15) is 8.42 Å². The summed E-state index contributed by atoms with van der Waals surface area (Å²) in [6, 6.07) is 2.94. The predicted octanol–water partition coefficient (Wildman–Crippen LogP) is 0.759. The van der Waals surface area contributed by atoms with E-state index in [1.807, 2.05) is 0 Å². The molecule has 0 radical (unpaired) electrons. The van der Waals surface area contributed by atoms with Gasteiger partial charge in [-0.25, -0.2) is 18.1 Å². The number of nitrogens with one attached hydrogen (secondary N) is 1. The molecule has 1 aromatic heterocycles. The van der Waals surface area contributed by atoms with Crippen LogP contribution in [-0.2, 0) is 14.8 Å². The van der Waals surface area contributed by atoms with Crippen LogP contribution in [0, 0.1) is 5.41 Å². The molecule has 1 fully saturated rings. The van der Waals surface area contributed by atoms with Crippen LogP contribution in [0.15, 0.2) is 23.2 Å². The van der Waals surface area contributed by atoms with Crippen LogP contribution >= 0.6 is 0 Å². The topological polar surface area (TPSA) is 94.3 Å². The van der Waals surface area contributed by atoms with Gasteiger partial charge in [0.1, 0.15) is 10.7 Å². The van der Waals surface area contributed by atoms with Gasteiger partial charge in [-0.2, -0.15) is 0 Å². The first kappa shape index (κ1) is 14.2. The second kappa shape index (κ2) is 5.44. The van der Waals surface area contributed by atoms with E-state index in [-0.39, 0.29) is 10.3 Å². The number of hydrogen-bond donors (Lipinski definition) is 2. The lowest BCUT2D eigenvalue weighted by molar-refractivity contribution is 0.173. The number of nitrogens with zero attached hydrogens (tertiary/aromatic N) is 1. The maximum Gasteiger partial charge on any atom is 0.242 e. The van der Waals surface area contributed by atoms with E-state index in [2.05, 4.69) is 9.71 Å². The zero-order valence-corrected chi connectivity index (χ0v) is 11.7. The molecule has 7 heteroatoms.